The third kappa shape index (κ3) is 17.0. The number of Topliss-reactive ketones (excluding diaryl/α,β-unsaturated/α-hetero) is 1. The molecular formula is C32H58O9. The van der Waals surface area contributed by atoms with E-state index < -0.39 is 48.6 Å². The number of rotatable bonds is 24. The summed E-state index contributed by atoms with van der Waals surface area (Å²) < 4.78 is 9.36. The van der Waals surface area contributed by atoms with Crippen LogP contribution in [0.3, 0.4) is 0 Å². The van der Waals surface area contributed by atoms with Gasteiger partial charge in [-0.05, 0) is 50.5 Å². The summed E-state index contributed by atoms with van der Waals surface area (Å²) in [6, 6.07) is 0. The van der Waals surface area contributed by atoms with Gasteiger partial charge < -0.3 is 29.9 Å². The fourth-order valence-electron chi connectivity index (χ4n) is 5.06. The summed E-state index contributed by atoms with van der Waals surface area (Å²) in [5.41, 5.74) is 0.415. The second kappa shape index (κ2) is 22.7. The zero-order valence-electron chi connectivity index (χ0n) is 26.3. The van der Waals surface area contributed by atoms with Gasteiger partial charge in [0.05, 0.1) is 19.8 Å². The van der Waals surface area contributed by atoms with Crippen molar-refractivity contribution in [3.05, 3.63) is 11.6 Å². The van der Waals surface area contributed by atoms with Gasteiger partial charge in [-0.15, -0.1) is 0 Å². The van der Waals surface area contributed by atoms with E-state index in [4.69, 9.17) is 4.74 Å². The molecule has 0 aromatic carbocycles. The number of aliphatic hydroxyl groups is 4. The van der Waals surface area contributed by atoms with Crippen LogP contribution >= 0.6 is 0 Å². The van der Waals surface area contributed by atoms with Crippen molar-refractivity contribution in [1.82, 2.24) is 0 Å². The third-order valence-electron chi connectivity index (χ3n) is 7.66. The van der Waals surface area contributed by atoms with Gasteiger partial charge in [0.25, 0.3) is 0 Å². The highest BCUT2D eigenvalue weighted by Crippen LogP contribution is 2.22. The maximum atomic E-state index is 12.8. The maximum Gasteiger partial charge on any atom is 0.337 e. The fourth-order valence-corrected chi connectivity index (χ4v) is 5.06. The predicted octanol–water partition coefficient (Wildman–Crippen LogP) is 4.66. The molecule has 9 heteroatoms. The predicted molar refractivity (Wildman–Crippen MR) is 159 cm³/mol. The highest BCUT2D eigenvalue weighted by atomic mass is 16.6. The SMILES string of the molecule is CCCCCCCCCC(O)CCCCC(C)CC(C)/C=C(\C)C(=O)C(C)C(=O)OC(CO)C(O)C(O)C(=O)OC. The normalized spacial score (nSPS) is 17.2. The maximum absolute atomic E-state index is 12.8. The van der Waals surface area contributed by atoms with E-state index in [2.05, 4.69) is 18.6 Å². The molecule has 7 atom stereocenters. The van der Waals surface area contributed by atoms with Gasteiger partial charge in [0.1, 0.15) is 12.0 Å². The number of unbranched alkanes of at least 4 members (excludes halogenated alkanes) is 7. The summed E-state index contributed by atoms with van der Waals surface area (Å²) >= 11 is 0. The Hall–Kier alpha value is -1.81. The summed E-state index contributed by atoms with van der Waals surface area (Å²) in [5.74, 6) is -3.20. The first kappa shape index (κ1) is 39.2. The zero-order valence-corrected chi connectivity index (χ0v) is 26.3. The molecule has 0 aliphatic rings. The van der Waals surface area contributed by atoms with Crippen molar-refractivity contribution in [3.63, 3.8) is 0 Å². The van der Waals surface area contributed by atoms with E-state index in [0.29, 0.717) is 11.5 Å². The van der Waals surface area contributed by atoms with E-state index in [-0.39, 0.29) is 12.0 Å². The van der Waals surface area contributed by atoms with Crippen LogP contribution in [0, 0.1) is 17.8 Å². The molecule has 0 aliphatic carbocycles. The van der Waals surface area contributed by atoms with E-state index in [1.807, 2.05) is 13.0 Å². The molecule has 0 radical (unpaired) electrons. The lowest BCUT2D eigenvalue weighted by molar-refractivity contribution is -0.178. The van der Waals surface area contributed by atoms with Gasteiger partial charge in [-0.1, -0.05) is 91.1 Å². The van der Waals surface area contributed by atoms with Crippen molar-refractivity contribution in [2.45, 2.75) is 143 Å². The average molecular weight is 587 g/mol. The molecule has 0 bridgehead atoms. The molecule has 0 heterocycles. The number of hydrogen-bond donors (Lipinski definition) is 4. The monoisotopic (exact) mass is 586 g/mol. The van der Waals surface area contributed by atoms with Crippen molar-refractivity contribution in [2.75, 3.05) is 13.7 Å². The lowest BCUT2D eigenvalue weighted by atomic mass is 9.89. The van der Waals surface area contributed by atoms with Crippen molar-refractivity contribution < 1.29 is 44.3 Å². The lowest BCUT2D eigenvalue weighted by Gasteiger charge is -2.25. The molecule has 41 heavy (non-hydrogen) atoms. The molecule has 0 aromatic heterocycles. The Morgan fingerprint density at radius 1 is 0.805 bits per heavy atom. The molecule has 0 spiro atoms. The van der Waals surface area contributed by atoms with E-state index in [1.54, 1.807) is 6.92 Å². The molecule has 240 valence electrons. The quantitative estimate of drug-likeness (QED) is 0.0548. The number of methoxy groups -OCH3 is 1. The topological polar surface area (TPSA) is 151 Å². The Kier molecular flexibility index (Phi) is 21.7. The second-order valence-electron chi connectivity index (χ2n) is 11.7. The van der Waals surface area contributed by atoms with Gasteiger partial charge in [-0.25, -0.2) is 4.79 Å². The Labute approximate surface area is 247 Å². The van der Waals surface area contributed by atoms with Gasteiger partial charge in [0.2, 0.25) is 0 Å². The van der Waals surface area contributed by atoms with Gasteiger partial charge in [-0.3, -0.25) is 9.59 Å². The summed E-state index contributed by atoms with van der Waals surface area (Å²) in [5, 5.41) is 39.5. The minimum absolute atomic E-state index is 0.113. The van der Waals surface area contributed by atoms with Crippen molar-refractivity contribution in [2.24, 2.45) is 17.8 Å². The summed E-state index contributed by atoms with van der Waals surface area (Å²) in [6.07, 6.45) is 10.6. The number of allylic oxidation sites excluding steroid dienone is 2. The minimum Gasteiger partial charge on any atom is -0.467 e. The summed E-state index contributed by atoms with van der Waals surface area (Å²) in [7, 11) is 1.01. The number of carbonyl (C=O) groups is 3. The molecule has 7 unspecified atom stereocenters. The largest absolute Gasteiger partial charge is 0.467 e. The number of hydrogen-bond acceptors (Lipinski definition) is 9. The first-order valence-electron chi connectivity index (χ1n) is 15.5. The standard InChI is InChI=1S/C32H58O9/c1-7-8-9-10-11-12-13-17-26(34)18-15-14-16-22(2)19-23(3)20-24(4)28(35)25(5)31(38)41-27(21-33)29(36)30(37)32(39)40-6/h20,22-23,25-27,29-30,33-34,36-37H,7-19,21H2,1-6H3/b24-20+. The van der Waals surface area contributed by atoms with E-state index >= 15 is 0 Å². The van der Waals surface area contributed by atoms with Crippen molar-refractivity contribution in [3.8, 4) is 0 Å². The molecule has 0 saturated carbocycles. The second-order valence-corrected chi connectivity index (χ2v) is 11.7. The molecule has 0 saturated heterocycles. The molecule has 0 amide bonds. The highest BCUT2D eigenvalue weighted by Gasteiger charge is 2.36. The van der Waals surface area contributed by atoms with Gasteiger partial charge in [0, 0.05) is 0 Å². The molecule has 4 N–H and O–H groups in total. The molecule has 0 rings (SSSR count). The smallest absolute Gasteiger partial charge is 0.337 e. The molecular weight excluding hydrogens is 528 g/mol. The van der Waals surface area contributed by atoms with Gasteiger partial charge in [0.15, 0.2) is 18.0 Å². The number of aliphatic hydroxyl groups excluding tert-OH is 4. The van der Waals surface area contributed by atoms with Crippen LogP contribution in [0.2, 0.25) is 0 Å². The van der Waals surface area contributed by atoms with Gasteiger partial charge in [-0.2, -0.15) is 0 Å². The fraction of sp³-hybridized carbons (Fsp3) is 0.844. The molecule has 0 aromatic rings. The van der Waals surface area contributed by atoms with Crippen molar-refractivity contribution >= 4 is 17.7 Å². The third-order valence-corrected chi connectivity index (χ3v) is 7.66. The van der Waals surface area contributed by atoms with E-state index in [9.17, 15) is 34.8 Å². The van der Waals surface area contributed by atoms with Crippen LogP contribution < -0.4 is 0 Å². The van der Waals surface area contributed by atoms with Crippen LogP contribution in [-0.4, -0.2) is 76.3 Å². The van der Waals surface area contributed by atoms with Gasteiger partial charge >= 0.3 is 11.9 Å². The number of ketones is 1. The molecule has 9 nitrogen and oxygen atoms in total. The minimum atomic E-state index is -2.01. The van der Waals surface area contributed by atoms with Crippen LogP contribution in [0.5, 0.6) is 0 Å². The van der Waals surface area contributed by atoms with Crippen LogP contribution in [-0.2, 0) is 23.9 Å². The van der Waals surface area contributed by atoms with Crippen molar-refractivity contribution in [1.29, 1.82) is 0 Å². The van der Waals surface area contributed by atoms with Crippen LogP contribution in [0.15, 0.2) is 11.6 Å². The summed E-state index contributed by atoms with van der Waals surface area (Å²) in [4.78, 5) is 36.7. The van der Waals surface area contributed by atoms with E-state index in [0.717, 1.165) is 52.1 Å². The van der Waals surface area contributed by atoms with Crippen LogP contribution in [0.4, 0.5) is 0 Å². The number of esters is 2. The number of carbonyl (C=O) groups excluding carboxylic acids is 3. The molecule has 0 fully saturated rings. The zero-order chi connectivity index (χ0) is 31.4. The first-order chi connectivity index (χ1) is 19.4. The summed E-state index contributed by atoms with van der Waals surface area (Å²) in [6.45, 7) is 8.58. The van der Waals surface area contributed by atoms with Crippen LogP contribution in [0.25, 0.3) is 0 Å². The Morgan fingerprint density at radius 2 is 1.34 bits per heavy atom. The lowest BCUT2D eigenvalue weighted by Crippen LogP contribution is -2.47. The number of ether oxygens (including phenoxy) is 2. The Bertz CT molecular complexity index is 766. The highest BCUT2D eigenvalue weighted by molar-refractivity contribution is 6.07. The van der Waals surface area contributed by atoms with E-state index in [1.165, 1.54) is 45.4 Å². The first-order valence-corrected chi connectivity index (χ1v) is 15.5. The Morgan fingerprint density at radius 3 is 1.90 bits per heavy atom. The Balaban J connectivity index is 4.48. The average Bonchev–Trinajstić information content (AvgIpc) is 2.95. The van der Waals surface area contributed by atoms with Crippen LogP contribution in [0.1, 0.15) is 118 Å². The molecule has 0 aliphatic heterocycles.